The molecule has 0 heterocycles. The van der Waals surface area contributed by atoms with Crippen molar-refractivity contribution in [3.05, 3.63) is 64.2 Å². The number of benzene rings is 2. The largest absolute Gasteiger partial charge is 0.491 e. The van der Waals surface area contributed by atoms with E-state index < -0.39 is 22.7 Å². The van der Waals surface area contributed by atoms with Gasteiger partial charge >= 0.3 is 0 Å². The summed E-state index contributed by atoms with van der Waals surface area (Å²) in [4.78, 5) is 10.1. The van der Waals surface area contributed by atoms with Crippen molar-refractivity contribution in [2.45, 2.75) is 6.10 Å². The number of rotatable bonds is 7. The van der Waals surface area contributed by atoms with Gasteiger partial charge in [0.25, 0.3) is 5.69 Å². The molecule has 0 aliphatic heterocycles. The van der Waals surface area contributed by atoms with E-state index in [-0.39, 0.29) is 30.4 Å². The Morgan fingerprint density at radius 3 is 2.26 bits per heavy atom. The minimum atomic E-state index is -1.08. The normalized spacial score (nSPS) is 11.8. The Morgan fingerprint density at radius 1 is 1.04 bits per heavy atom. The minimum absolute atomic E-state index is 0.0584. The van der Waals surface area contributed by atoms with Crippen LogP contribution in [0.3, 0.4) is 0 Å². The topological polar surface area (TPSA) is 81.8 Å². The molecule has 0 radical (unpaired) electrons. The lowest BCUT2D eigenvalue weighted by molar-refractivity contribution is -0.384. The van der Waals surface area contributed by atoms with Gasteiger partial charge in [0, 0.05) is 24.3 Å². The smallest absolute Gasteiger partial charge is 0.273 e. The van der Waals surface area contributed by atoms with E-state index in [0.717, 1.165) is 12.1 Å². The molecule has 0 saturated carbocycles. The van der Waals surface area contributed by atoms with Crippen molar-refractivity contribution < 1.29 is 28.3 Å². The van der Waals surface area contributed by atoms with Crippen LogP contribution >= 0.6 is 0 Å². The van der Waals surface area contributed by atoms with Gasteiger partial charge in [-0.1, -0.05) is 6.07 Å². The van der Waals surface area contributed by atoms with Crippen molar-refractivity contribution in [2.24, 2.45) is 0 Å². The number of non-ortho nitro benzene ring substituents is 1. The van der Waals surface area contributed by atoms with Crippen LogP contribution in [0.4, 0.5) is 14.5 Å². The molecule has 1 atom stereocenters. The number of ether oxygens (including phenoxy) is 2. The van der Waals surface area contributed by atoms with E-state index >= 15 is 0 Å². The highest BCUT2D eigenvalue weighted by Gasteiger charge is 2.10. The summed E-state index contributed by atoms with van der Waals surface area (Å²) in [5, 5.41) is 20.3. The second kappa shape index (κ2) is 7.50. The van der Waals surface area contributed by atoms with E-state index in [0.29, 0.717) is 6.07 Å². The van der Waals surface area contributed by atoms with E-state index in [1.165, 1.54) is 24.3 Å². The summed E-state index contributed by atoms with van der Waals surface area (Å²) >= 11 is 0. The van der Waals surface area contributed by atoms with Crippen molar-refractivity contribution in [1.82, 2.24) is 0 Å². The molecule has 0 aliphatic rings. The van der Waals surface area contributed by atoms with Gasteiger partial charge in [0.05, 0.1) is 11.0 Å². The summed E-state index contributed by atoms with van der Waals surface area (Å²) in [6, 6.07) is 8.15. The Hall–Kier alpha value is -2.74. The van der Waals surface area contributed by atoms with Crippen molar-refractivity contribution in [1.29, 1.82) is 0 Å². The first kappa shape index (κ1) is 16.6. The predicted octanol–water partition coefficient (Wildman–Crippen LogP) is 2.69. The van der Waals surface area contributed by atoms with Crippen LogP contribution in [0.15, 0.2) is 42.5 Å². The van der Waals surface area contributed by atoms with Crippen molar-refractivity contribution >= 4 is 5.69 Å². The molecule has 8 heteroatoms. The lowest BCUT2D eigenvalue weighted by Crippen LogP contribution is -2.25. The van der Waals surface area contributed by atoms with Crippen LogP contribution in [0.25, 0.3) is 0 Å². The maximum Gasteiger partial charge on any atom is 0.273 e. The highest BCUT2D eigenvalue weighted by molar-refractivity contribution is 5.37. The monoisotopic (exact) mass is 325 g/mol. The Morgan fingerprint density at radius 2 is 1.65 bits per heavy atom. The van der Waals surface area contributed by atoms with Crippen LogP contribution in [0.2, 0.25) is 0 Å². The average molecular weight is 325 g/mol. The second-order valence-corrected chi connectivity index (χ2v) is 4.64. The average Bonchev–Trinajstić information content (AvgIpc) is 2.50. The molecule has 23 heavy (non-hydrogen) atoms. The zero-order chi connectivity index (χ0) is 16.8. The van der Waals surface area contributed by atoms with Gasteiger partial charge in [-0.3, -0.25) is 10.1 Å². The number of hydrogen-bond acceptors (Lipinski definition) is 5. The lowest BCUT2D eigenvalue weighted by Gasteiger charge is -2.13. The third-order valence-electron chi connectivity index (χ3n) is 2.75. The molecule has 0 saturated heterocycles. The Balaban J connectivity index is 1.84. The standard InChI is InChI=1S/C15H13F2NO5/c16-10-4-11(17)6-15(5-10)23-9-13(19)8-22-14-3-1-2-12(7-14)18(20)21/h1-7,13,19H,8-9H2. The van der Waals surface area contributed by atoms with Crippen LogP contribution in [0, 0.1) is 21.7 Å². The Kier molecular flexibility index (Phi) is 5.42. The highest BCUT2D eigenvalue weighted by Crippen LogP contribution is 2.19. The van der Waals surface area contributed by atoms with Gasteiger partial charge in [0.15, 0.2) is 0 Å². The maximum absolute atomic E-state index is 13.0. The fourth-order valence-electron chi connectivity index (χ4n) is 1.73. The molecule has 0 aliphatic carbocycles. The van der Waals surface area contributed by atoms with Crippen LogP contribution in [-0.4, -0.2) is 29.3 Å². The fourth-order valence-corrected chi connectivity index (χ4v) is 1.73. The first-order chi connectivity index (χ1) is 10.9. The quantitative estimate of drug-likeness (QED) is 0.625. The predicted molar refractivity (Wildman–Crippen MR) is 76.5 cm³/mol. The van der Waals surface area contributed by atoms with E-state index in [9.17, 15) is 24.0 Å². The van der Waals surface area contributed by atoms with Crippen LogP contribution in [0.5, 0.6) is 11.5 Å². The molecule has 1 unspecified atom stereocenters. The summed E-state index contributed by atoms with van der Waals surface area (Å²) < 4.78 is 36.2. The molecule has 0 spiro atoms. The highest BCUT2D eigenvalue weighted by atomic mass is 19.1. The first-order valence-corrected chi connectivity index (χ1v) is 6.58. The fraction of sp³-hybridized carbons (Fsp3) is 0.200. The molecule has 1 N–H and O–H groups in total. The summed E-state index contributed by atoms with van der Waals surface area (Å²) in [5.74, 6) is -1.42. The third-order valence-corrected chi connectivity index (χ3v) is 2.75. The number of aliphatic hydroxyl groups excluding tert-OH is 1. The van der Waals surface area contributed by atoms with Gasteiger partial charge in [0.2, 0.25) is 0 Å². The molecule has 122 valence electrons. The van der Waals surface area contributed by atoms with E-state index in [4.69, 9.17) is 9.47 Å². The minimum Gasteiger partial charge on any atom is -0.491 e. The van der Waals surface area contributed by atoms with Gasteiger partial charge in [-0.2, -0.15) is 0 Å². The summed E-state index contributed by atoms with van der Waals surface area (Å²) in [5.41, 5.74) is -0.136. The number of aliphatic hydroxyl groups is 1. The molecule has 0 aromatic heterocycles. The molecule has 2 rings (SSSR count). The zero-order valence-corrected chi connectivity index (χ0v) is 11.8. The molecule has 0 fully saturated rings. The molecule has 2 aromatic carbocycles. The number of nitro benzene ring substituents is 1. The van der Waals surface area contributed by atoms with E-state index in [2.05, 4.69) is 0 Å². The van der Waals surface area contributed by atoms with Gasteiger partial charge in [0.1, 0.15) is 42.5 Å². The molecule has 0 amide bonds. The summed E-state index contributed by atoms with van der Waals surface area (Å²) in [7, 11) is 0. The first-order valence-electron chi connectivity index (χ1n) is 6.58. The number of hydrogen-bond donors (Lipinski definition) is 1. The van der Waals surface area contributed by atoms with Crippen LogP contribution in [-0.2, 0) is 0 Å². The number of nitro groups is 1. The van der Waals surface area contributed by atoms with Gasteiger partial charge < -0.3 is 14.6 Å². The SMILES string of the molecule is O=[N+]([O-])c1cccc(OCC(O)COc2cc(F)cc(F)c2)c1. The van der Waals surface area contributed by atoms with E-state index in [1.807, 2.05) is 0 Å². The molecule has 6 nitrogen and oxygen atoms in total. The van der Waals surface area contributed by atoms with Gasteiger partial charge in [-0.25, -0.2) is 8.78 Å². The van der Waals surface area contributed by atoms with Crippen molar-refractivity contribution in [2.75, 3.05) is 13.2 Å². The Labute approximate surface area is 130 Å². The van der Waals surface area contributed by atoms with Gasteiger partial charge in [-0.05, 0) is 6.07 Å². The van der Waals surface area contributed by atoms with Crippen LogP contribution < -0.4 is 9.47 Å². The lowest BCUT2D eigenvalue weighted by atomic mass is 10.3. The van der Waals surface area contributed by atoms with Crippen molar-refractivity contribution in [3.8, 4) is 11.5 Å². The number of nitrogens with zero attached hydrogens (tertiary/aromatic N) is 1. The van der Waals surface area contributed by atoms with Crippen LogP contribution in [0.1, 0.15) is 0 Å². The van der Waals surface area contributed by atoms with Gasteiger partial charge in [-0.15, -0.1) is 0 Å². The molecular formula is C15H13F2NO5. The summed E-state index contributed by atoms with van der Waals surface area (Å²) in [6.45, 7) is -0.448. The summed E-state index contributed by atoms with van der Waals surface area (Å²) in [6.07, 6.45) is -1.08. The number of halogens is 2. The molecular weight excluding hydrogens is 312 g/mol. The zero-order valence-electron chi connectivity index (χ0n) is 11.8. The maximum atomic E-state index is 13.0. The third kappa shape index (κ3) is 5.19. The van der Waals surface area contributed by atoms with E-state index in [1.54, 1.807) is 0 Å². The Bertz CT molecular complexity index is 675. The molecule has 2 aromatic rings. The molecule has 0 bridgehead atoms. The second-order valence-electron chi connectivity index (χ2n) is 4.64. The van der Waals surface area contributed by atoms with Crippen molar-refractivity contribution in [3.63, 3.8) is 0 Å².